The van der Waals surface area contributed by atoms with Crippen LogP contribution in [-0.2, 0) is 0 Å². The fourth-order valence-electron chi connectivity index (χ4n) is 3.48. The first kappa shape index (κ1) is 20.3. The second-order valence-electron chi connectivity index (χ2n) is 8.11. The van der Waals surface area contributed by atoms with Crippen molar-refractivity contribution in [2.45, 2.75) is 26.4 Å². The molecule has 1 aliphatic heterocycles. The molecule has 158 valence electrons. The van der Waals surface area contributed by atoms with Crippen LogP contribution in [0.2, 0.25) is 0 Å². The molecule has 6 heteroatoms. The summed E-state index contributed by atoms with van der Waals surface area (Å²) in [5.74, 6) is -0.526. The molecule has 31 heavy (non-hydrogen) atoms. The molecule has 6 nitrogen and oxygen atoms in total. The zero-order chi connectivity index (χ0) is 22.5. The normalized spacial score (nSPS) is 14.5. The Morgan fingerprint density at radius 1 is 1.16 bits per heavy atom. The topological polar surface area (TPSA) is 100 Å². The number of phenolic OH excluding ortho intramolecular Hbond substituents is 3. The molecule has 0 saturated carbocycles. The van der Waals surface area contributed by atoms with Crippen LogP contribution >= 0.6 is 0 Å². The van der Waals surface area contributed by atoms with E-state index in [2.05, 4.69) is 6.58 Å². The zero-order valence-electron chi connectivity index (χ0n) is 17.4. The Morgan fingerprint density at radius 3 is 2.58 bits per heavy atom. The van der Waals surface area contributed by atoms with Crippen LogP contribution in [0, 0.1) is 0 Å². The van der Waals surface area contributed by atoms with Crippen LogP contribution in [0.1, 0.15) is 31.9 Å². The van der Waals surface area contributed by atoms with Gasteiger partial charge >= 0.3 is 0 Å². The van der Waals surface area contributed by atoms with Crippen molar-refractivity contribution < 1.29 is 24.5 Å². The van der Waals surface area contributed by atoms with E-state index in [9.17, 15) is 20.1 Å². The van der Waals surface area contributed by atoms with Crippen molar-refractivity contribution in [1.29, 1.82) is 0 Å². The lowest BCUT2D eigenvalue weighted by Crippen LogP contribution is -2.28. The molecular weight excluding hydrogens is 396 g/mol. The minimum atomic E-state index is -0.608. The van der Waals surface area contributed by atoms with Crippen LogP contribution in [0.5, 0.6) is 23.0 Å². The highest BCUT2D eigenvalue weighted by atomic mass is 16.5. The van der Waals surface area contributed by atoms with Gasteiger partial charge in [0.15, 0.2) is 17.1 Å². The lowest BCUT2D eigenvalue weighted by Gasteiger charge is -2.29. The average Bonchev–Trinajstić information content (AvgIpc) is 2.69. The number of fused-ring (bicyclic) bond motifs is 3. The van der Waals surface area contributed by atoms with E-state index in [1.807, 2.05) is 32.9 Å². The SMILES string of the molecule is C=C(C)C=Cc1c2c(c3occ(-c4ccc(O)c(O)c4)c(=O)c3c1O)C=CC(C)(C)O2. The van der Waals surface area contributed by atoms with Gasteiger partial charge in [-0.05, 0) is 56.7 Å². The Morgan fingerprint density at radius 2 is 1.90 bits per heavy atom. The van der Waals surface area contributed by atoms with Gasteiger partial charge in [-0.2, -0.15) is 0 Å². The summed E-state index contributed by atoms with van der Waals surface area (Å²) in [5.41, 5.74) is 1.25. The predicted octanol–water partition coefficient (Wildman–Crippen LogP) is 5.35. The molecule has 0 atom stereocenters. The second kappa shape index (κ2) is 7.09. The van der Waals surface area contributed by atoms with Gasteiger partial charge in [-0.25, -0.2) is 0 Å². The van der Waals surface area contributed by atoms with Crippen molar-refractivity contribution in [3.05, 3.63) is 70.1 Å². The quantitative estimate of drug-likeness (QED) is 0.392. The van der Waals surface area contributed by atoms with Crippen molar-refractivity contribution in [3.8, 4) is 34.1 Å². The van der Waals surface area contributed by atoms with Gasteiger partial charge in [0.25, 0.3) is 0 Å². The third-order valence-corrected chi connectivity index (χ3v) is 5.06. The third kappa shape index (κ3) is 3.46. The van der Waals surface area contributed by atoms with Gasteiger partial charge in [-0.3, -0.25) is 4.79 Å². The molecule has 0 amide bonds. The number of hydrogen-bond acceptors (Lipinski definition) is 6. The van der Waals surface area contributed by atoms with Gasteiger partial charge < -0.3 is 24.5 Å². The number of aromatic hydroxyl groups is 3. The first-order valence-corrected chi connectivity index (χ1v) is 9.67. The van der Waals surface area contributed by atoms with Crippen molar-refractivity contribution in [2.75, 3.05) is 0 Å². The fourth-order valence-corrected chi connectivity index (χ4v) is 3.48. The summed E-state index contributed by atoms with van der Waals surface area (Å²) in [7, 11) is 0. The molecule has 4 rings (SSSR count). The molecular formula is C25H22O6. The lowest BCUT2D eigenvalue weighted by molar-refractivity contribution is 0.158. The molecule has 2 aromatic carbocycles. The highest BCUT2D eigenvalue weighted by Crippen LogP contribution is 2.45. The van der Waals surface area contributed by atoms with E-state index in [1.165, 1.54) is 24.5 Å². The summed E-state index contributed by atoms with van der Waals surface area (Å²) in [5, 5.41) is 30.5. The van der Waals surface area contributed by atoms with Gasteiger partial charge in [-0.1, -0.05) is 24.3 Å². The molecule has 0 aliphatic carbocycles. The largest absolute Gasteiger partial charge is 0.506 e. The highest BCUT2D eigenvalue weighted by Gasteiger charge is 2.30. The zero-order valence-corrected chi connectivity index (χ0v) is 17.4. The van der Waals surface area contributed by atoms with Gasteiger partial charge in [0.1, 0.15) is 28.7 Å². The van der Waals surface area contributed by atoms with E-state index in [4.69, 9.17) is 9.15 Å². The van der Waals surface area contributed by atoms with Crippen LogP contribution in [0.4, 0.5) is 0 Å². The van der Waals surface area contributed by atoms with E-state index in [1.54, 1.807) is 12.2 Å². The maximum absolute atomic E-state index is 13.4. The van der Waals surface area contributed by atoms with E-state index in [0.29, 0.717) is 22.4 Å². The maximum atomic E-state index is 13.4. The fraction of sp³-hybridized carbons (Fsp3) is 0.160. The summed E-state index contributed by atoms with van der Waals surface area (Å²) < 4.78 is 11.9. The van der Waals surface area contributed by atoms with E-state index < -0.39 is 11.0 Å². The second-order valence-corrected chi connectivity index (χ2v) is 8.11. The standard InChI is InChI=1S/C25H22O6/c1-13(2)5-7-15-21(28)20-22(29)17(14-6-8-18(26)19(27)11-14)12-30-24(20)16-9-10-25(3,4)31-23(15)16/h5-12,26-28H,1H2,2-4H3. The minimum Gasteiger partial charge on any atom is -0.506 e. The molecule has 0 radical (unpaired) electrons. The number of phenols is 3. The summed E-state index contributed by atoms with van der Waals surface area (Å²) in [4.78, 5) is 13.4. The maximum Gasteiger partial charge on any atom is 0.204 e. The Balaban J connectivity index is 2.07. The van der Waals surface area contributed by atoms with Gasteiger partial charge in [0.2, 0.25) is 5.43 Å². The molecule has 1 aliphatic rings. The predicted molar refractivity (Wildman–Crippen MR) is 121 cm³/mol. The highest BCUT2D eigenvalue weighted by molar-refractivity contribution is 5.99. The number of rotatable bonds is 3. The van der Waals surface area contributed by atoms with Crippen molar-refractivity contribution in [1.82, 2.24) is 0 Å². The minimum absolute atomic E-state index is 0.00173. The molecule has 0 bridgehead atoms. The van der Waals surface area contributed by atoms with Gasteiger partial charge in [0, 0.05) is 0 Å². The Bertz CT molecular complexity index is 1350. The summed E-state index contributed by atoms with van der Waals surface area (Å²) in [6.45, 7) is 9.43. The summed E-state index contributed by atoms with van der Waals surface area (Å²) in [6, 6.07) is 4.02. The molecule has 0 fully saturated rings. The number of ether oxygens (including phenoxy) is 1. The van der Waals surface area contributed by atoms with E-state index in [-0.39, 0.29) is 33.8 Å². The third-order valence-electron chi connectivity index (χ3n) is 5.06. The monoisotopic (exact) mass is 418 g/mol. The molecule has 2 heterocycles. The van der Waals surface area contributed by atoms with Crippen LogP contribution < -0.4 is 10.2 Å². The number of allylic oxidation sites excluding steroid dienone is 2. The summed E-state index contributed by atoms with van der Waals surface area (Å²) in [6.07, 6.45) is 8.31. The molecule has 3 aromatic rings. The number of benzene rings is 2. The van der Waals surface area contributed by atoms with E-state index in [0.717, 1.165) is 5.57 Å². The van der Waals surface area contributed by atoms with Gasteiger partial charge in [-0.15, -0.1) is 0 Å². The van der Waals surface area contributed by atoms with E-state index >= 15 is 0 Å². The van der Waals surface area contributed by atoms with Crippen LogP contribution in [0.15, 0.2) is 58.0 Å². The van der Waals surface area contributed by atoms with Gasteiger partial charge in [0.05, 0.1) is 16.7 Å². The molecule has 1 aromatic heterocycles. The van der Waals surface area contributed by atoms with Crippen molar-refractivity contribution in [2.24, 2.45) is 0 Å². The first-order chi connectivity index (χ1) is 14.6. The molecule has 0 spiro atoms. The molecule has 0 saturated heterocycles. The van der Waals surface area contributed by atoms with Crippen LogP contribution in [0.3, 0.4) is 0 Å². The summed E-state index contributed by atoms with van der Waals surface area (Å²) >= 11 is 0. The first-order valence-electron chi connectivity index (χ1n) is 9.67. The Hall–Kier alpha value is -3.93. The average molecular weight is 418 g/mol. The van der Waals surface area contributed by atoms with Crippen molar-refractivity contribution in [3.63, 3.8) is 0 Å². The Kier molecular flexibility index (Phi) is 4.65. The van der Waals surface area contributed by atoms with Crippen molar-refractivity contribution >= 4 is 23.1 Å². The smallest absolute Gasteiger partial charge is 0.204 e. The number of hydrogen-bond donors (Lipinski definition) is 3. The van der Waals surface area contributed by atoms with Crippen LogP contribution in [-0.4, -0.2) is 20.9 Å². The lowest BCUT2D eigenvalue weighted by atomic mass is 9.94. The molecule has 3 N–H and O–H groups in total. The molecule has 0 unspecified atom stereocenters. The Labute approximate surface area is 178 Å². The van der Waals surface area contributed by atoms with Crippen LogP contribution in [0.25, 0.3) is 34.2 Å².